The van der Waals surface area contributed by atoms with E-state index in [4.69, 9.17) is 9.47 Å². The minimum Gasteiger partial charge on any atom is -0.454 e. The summed E-state index contributed by atoms with van der Waals surface area (Å²) < 4.78 is 10.9. The predicted octanol–water partition coefficient (Wildman–Crippen LogP) is 2.50. The summed E-state index contributed by atoms with van der Waals surface area (Å²) in [6, 6.07) is 6.44. The van der Waals surface area contributed by atoms with Gasteiger partial charge in [0.25, 0.3) is 5.91 Å². The minimum absolute atomic E-state index is 0.0952. The standard InChI is InChI=1S/C18H24N2O3/c1-2-19-10-4-7-14(19)15-8-5-11-20(15)18(21)13-6-3-9-16-17(13)23-12-22-16/h3,6,9,14-15H,2,4-5,7-8,10-12H2,1H3/t14-,15+/m1/s1. The fraction of sp³-hybridized carbons (Fsp3) is 0.611. The van der Waals surface area contributed by atoms with Crippen LogP contribution in [0.5, 0.6) is 11.5 Å². The number of likely N-dealkylation sites (tertiary alicyclic amines) is 2. The number of benzene rings is 1. The molecule has 0 saturated carbocycles. The van der Waals surface area contributed by atoms with Gasteiger partial charge in [-0.2, -0.15) is 0 Å². The summed E-state index contributed by atoms with van der Waals surface area (Å²) in [6.07, 6.45) is 4.65. The van der Waals surface area contributed by atoms with E-state index < -0.39 is 0 Å². The second kappa shape index (κ2) is 6.04. The van der Waals surface area contributed by atoms with E-state index in [-0.39, 0.29) is 12.7 Å². The Morgan fingerprint density at radius 3 is 2.87 bits per heavy atom. The molecule has 0 bridgehead atoms. The maximum Gasteiger partial charge on any atom is 0.258 e. The van der Waals surface area contributed by atoms with Gasteiger partial charge < -0.3 is 14.4 Å². The molecular formula is C18H24N2O3. The molecule has 0 aliphatic carbocycles. The molecule has 2 saturated heterocycles. The Bertz CT molecular complexity index is 604. The summed E-state index contributed by atoms with van der Waals surface area (Å²) in [5.74, 6) is 1.39. The quantitative estimate of drug-likeness (QED) is 0.859. The number of carbonyl (C=O) groups excluding carboxylic acids is 1. The summed E-state index contributed by atoms with van der Waals surface area (Å²) in [6.45, 7) is 5.50. The molecule has 0 unspecified atom stereocenters. The molecule has 5 nitrogen and oxygen atoms in total. The lowest BCUT2D eigenvalue weighted by molar-refractivity contribution is 0.0645. The average Bonchev–Trinajstić information content (AvgIpc) is 3.31. The van der Waals surface area contributed by atoms with Crippen LogP contribution in [0.4, 0.5) is 0 Å². The SMILES string of the molecule is CCN1CCC[C@@H]1[C@@H]1CCCN1C(=O)c1cccc2c1OCO2. The van der Waals surface area contributed by atoms with Crippen molar-refractivity contribution in [3.8, 4) is 11.5 Å². The van der Waals surface area contributed by atoms with Gasteiger partial charge in [-0.05, 0) is 50.9 Å². The Morgan fingerprint density at radius 2 is 2.00 bits per heavy atom. The van der Waals surface area contributed by atoms with Crippen molar-refractivity contribution in [1.82, 2.24) is 9.80 Å². The molecule has 2 fully saturated rings. The van der Waals surface area contributed by atoms with Crippen molar-refractivity contribution in [2.75, 3.05) is 26.4 Å². The lowest BCUT2D eigenvalue weighted by Crippen LogP contribution is -2.48. The normalized spacial score (nSPS) is 26.9. The lowest BCUT2D eigenvalue weighted by atomic mass is 10.0. The smallest absolute Gasteiger partial charge is 0.258 e. The molecule has 124 valence electrons. The van der Waals surface area contributed by atoms with Crippen molar-refractivity contribution in [2.45, 2.75) is 44.7 Å². The number of amides is 1. The lowest BCUT2D eigenvalue weighted by Gasteiger charge is -2.34. The van der Waals surface area contributed by atoms with E-state index in [1.165, 1.54) is 12.8 Å². The maximum absolute atomic E-state index is 13.1. The highest BCUT2D eigenvalue weighted by atomic mass is 16.7. The van der Waals surface area contributed by atoms with E-state index >= 15 is 0 Å². The molecule has 23 heavy (non-hydrogen) atoms. The van der Waals surface area contributed by atoms with Crippen LogP contribution in [0, 0.1) is 0 Å². The topological polar surface area (TPSA) is 42.0 Å². The number of likely N-dealkylation sites (N-methyl/N-ethyl adjacent to an activating group) is 1. The number of hydrogen-bond donors (Lipinski definition) is 0. The summed E-state index contributed by atoms with van der Waals surface area (Å²) in [7, 11) is 0. The van der Waals surface area contributed by atoms with Crippen molar-refractivity contribution in [1.29, 1.82) is 0 Å². The van der Waals surface area contributed by atoms with Crippen LogP contribution in [0.15, 0.2) is 18.2 Å². The molecule has 3 aliphatic heterocycles. The molecule has 4 rings (SSSR count). The summed E-state index contributed by atoms with van der Waals surface area (Å²) in [5.41, 5.74) is 0.646. The fourth-order valence-electron chi connectivity index (χ4n) is 4.38. The van der Waals surface area contributed by atoms with E-state index in [9.17, 15) is 4.79 Å². The van der Waals surface area contributed by atoms with Crippen LogP contribution in [-0.2, 0) is 0 Å². The summed E-state index contributed by atoms with van der Waals surface area (Å²) in [4.78, 5) is 17.8. The van der Waals surface area contributed by atoms with Crippen LogP contribution < -0.4 is 9.47 Å². The van der Waals surface area contributed by atoms with Gasteiger partial charge in [0, 0.05) is 18.6 Å². The highest BCUT2D eigenvalue weighted by Crippen LogP contribution is 2.38. The van der Waals surface area contributed by atoms with Gasteiger partial charge in [-0.15, -0.1) is 0 Å². The molecular weight excluding hydrogens is 292 g/mol. The summed E-state index contributed by atoms with van der Waals surface area (Å²) >= 11 is 0. The van der Waals surface area contributed by atoms with Gasteiger partial charge in [0.05, 0.1) is 5.56 Å². The maximum atomic E-state index is 13.1. The van der Waals surface area contributed by atoms with Crippen molar-refractivity contribution in [3.05, 3.63) is 23.8 Å². The van der Waals surface area contributed by atoms with Crippen LogP contribution in [-0.4, -0.2) is 54.2 Å². The largest absolute Gasteiger partial charge is 0.454 e. The van der Waals surface area contributed by atoms with E-state index in [0.717, 1.165) is 32.5 Å². The van der Waals surface area contributed by atoms with Crippen LogP contribution in [0.3, 0.4) is 0 Å². The molecule has 0 aromatic heterocycles. The van der Waals surface area contributed by atoms with Gasteiger partial charge in [-0.1, -0.05) is 13.0 Å². The Morgan fingerprint density at radius 1 is 1.17 bits per heavy atom. The highest BCUT2D eigenvalue weighted by Gasteiger charge is 2.40. The Kier molecular flexibility index (Phi) is 3.89. The van der Waals surface area contributed by atoms with Crippen LogP contribution in [0.25, 0.3) is 0 Å². The third-order valence-corrected chi connectivity index (χ3v) is 5.45. The van der Waals surface area contributed by atoms with Crippen LogP contribution >= 0.6 is 0 Å². The first-order chi connectivity index (χ1) is 11.3. The molecule has 0 spiro atoms. The van der Waals surface area contributed by atoms with Crippen LogP contribution in [0.1, 0.15) is 43.0 Å². The summed E-state index contributed by atoms with van der Waals surface area (Å²) in [5, 5.41) is 0. The predicted molar refractivity (Wildman–Crippen MR) is 86.9 cm³/mol. The number of carbonyl (C=O) groups is 1. The third-order valence-electron chi connectivity index (χ3n) is 5.45. The zero-order valence-electron chi connectivity index (χ0n) is 13.7. The van der Waals surface area contributed by atoms with Crippen LogP contribution in [0.2, 0.25) is 0 Å². The molecule has 1 aromatic rings. The number of hydrogen-bond acceptors (Lipinski definition) is 4. The number of para-hydroxylation sites is 1. The first-order valence-electron chi connectivity index (χ1n) is 8.73. The zero-order chi connectivity index (χ0) is 15.8. The van der Waals surface area contributed by atoms with Crippen molar-refractivity contribution in [2.24, 2.45) is 0 Å². The third kappa shape index (κ3) is 2.47. The van der Waals surface area contributed by atoms with Gasteiger partial charge in [0.1, 0.15) is 0 Å². The van der Waals surface area contributed by atoms with Crippen molar-refractivity contribution in [3.63, 3.8) is 0 Å². The molecule has 0 radical (unpaired) electrons. The van der Waals surface area contributed by atoms with E-state index in [1.54, 1.807) is 0 Å². The molecule has 2 atom stereocenters. The van der Waals surface area contributed by atoms with E-state index in [0.29, 0.717) is 29.1 Å². The molecule has 1 amide bonds. The Balaban J connectivity index is 1.59. The Hall–Kier alpha value is -1.75. The number of fused-ring (bicyclic) bond motifs is 1. The number of nitrogens with zero attached hydrogens (tertiary/aromatic N) is 2. The molecule has 3 aliphatic rings. The van der Waals surface area contributed by atoms with Gasteiger partial charge in [-0.25, -0.2) is 0 Å². The number of rotatable bonds is 3. The van der Waals surface area contributed by atoms with Gasteiger partial charge in [0.2, 0.25) is 6.79 Å². The van der Waals surface area contributed by atoms with E-state index in [2.05, 4.69) is 16.7 Å². The monoisotopic (exact) mass is 316 g/mol. The molecule has 3 heterocycles. The second-order valence-electron chi connectivity index (χ2n) is 6.59. The average molecular weight is 316 g/mol. The first-order valence-corrected chi connectivity index (χ1v) is 8.73. The first kappa shape index (κ1) is 14.8. The molecule has 1 aromatic carbocycles. The molecule has 0 N–H and O–H groups in total. The highest BCUT2D eigenvalue weighted by molar-refractivity contribution is 5.98. The van der Waals surface area contributed by atoms with E-state index in [1.807, 2.05) is 18.2 Å². The molecule has 5 heteroatoms. The zero-order valence-corrected chi connectivity index (χ0v) is 13.7. The van der Waals surface area contributed by atoms with Gasteiger partial charge in [0.15, 0.2) is 11.5 Å². The fourth-order valence-corrected chi connectivity index (χ4v) is 4.38. The van der Waals surface area contributed by atoms with Crippen molar-refractivity contribution >= 4 is 5.91 Å². The van der Waals surface area contributed by atoms with Crippen molar-refractivity contribution < 1.29 is 14.3 Å². The van der Waals surface area contributed by atoms with Gasteiger partial charge in [-0.3, -0.25) is 9.69 Å². The number of ether oxygens (including phenoxy) is 2. The Labute approximate surface area is 137 Å². The second-order valence-corrected chi connectivity index (χ2v) is 6.59. The van der Waals surface area contributed by atoms with Gasteiger partial charge >= 0.3 is 0 Å². The minimum atomic E-state index is 0.0952.